The topological polar surface area (TPSA) is 108 Å². The molecule has 3 atom stereocenters. The van der Waals surface area contributed by atoms with Crippen molar-refractivity contribution in [3.05, 3.63) is 48.6 Å². The predicted molar refractivity (Wildman–Crippen MR) is 219 cm³/mol. The van der Waals surface area contributed by atoms with Gasteiger partial charge in [0, 0.05) is 6.42 Å². The van der Waals surface area contributed by atoms with E-state index < -0.39 is 26.6 Å². The number of rotatable bonds is 37. The number of hydrogen-bond donors (Lipinski definition) is 2. The van der Waals surface area contributed by atoms with E-state index in [9.17, 15) is 19.4 Å². The van der Waals surface area contributed by atoms with E-state index in [1.807, 2.05) is 27.2 Å². The van der Waals surface area contributed by atoms with E-state index in [1.165, 1.54) is 83.5 Å². The van der Waals surface area contributed by atoms with Crippen LogP contribution in [-0.2, 0) is 18.4 Å². The van der Waals surface area contributed by atoms with Gasteiger partial charge in [0.2, 0.25) is 5.91 Å². The Hall–Kier alpha value is -1.54. The van der Waals surface area contributed by atoms with Gasteiger partial charge in [0.1, 0.15) is 13.2 Å². The van der Waals surface area contributed by atoms with Crippen molar-refractivity contribution >= 4 is 13.7 Å². The minimum absolute atomic E-state index is 0.0118. The monoisotopic (exact) mass is 753 g/mol. The second-order valence-electron chi connectivity index (χ2n) is 15.3. The molecule has 0 saturated heterocycles. The van der Waals surface area contributed by atoms with Gasteiger partial charge in [-0.3, -0.25) is 9.36 Å². The normalized spacial score (nSPS) is 15.0. The lowest BCUT2D eigenvalue weighted by atomic mass is 10.1. The lowest BCUT2D eigenvalue weighted by Gasteiger charge is -2.29. The van der Waals surface area contributed by atoms with Gasteiger partial charge in [-0.15, -0.1) is 0 Å². The van der Waals surface area contributed by atoms with Gasteiger partial charge in [0.15, 0.2) is 0 Å². The zero-order valence-corrected chi connectivity index (χ0v) is 35.1. The van der Waals surface area contributed by atoms with Gasteiger partial charge in [-0.2, -0.15) is 0 Å². The quantitative estimate of drug-likeness (QED) is 0.0283. The standard InChI is InChI=1S/C43H81N2O6P/c1-6-8-10-12-14-16-18-20-21-22-23-25-26-28-30-32-34-36-42(46)41(40-51-52(48,49)50-39-38-45(3,4)5)44-43(47)37-35-33-31-29-27-24-19-17-15-13-11-9-7-2/h17,19,21-22,26,28,34,36,41-42,46H,6-16,18,20,23-25,27,29-33,35,37-40H2,1-5H3,(H-,44,47,48,49)/b19-17-,22-21+,28-26+,36-34+. The number of likely N-dealkylation sites (N-methyl/N-ethyl adjacent to an activating group) is 1. The first kappa shape index (κ1) is 50.5. The van der Waals surface area contributed by atoms with Crippen LogP contribution in [0.3, 0.4) is 0 Å². The van der Waals surface area contributed by atoms with Crippen LogP contribution in [0, 0.1) is 0 Å². The van der Waals surface area contributed by atoms with E-state index in [1.54, 1.807) is 6.08 Å². The summed E-state index contributed by atoms with van der Waals surface area (Å²) in [5.41, 5.74) is 0. The number of allylic oxidation sites excluding steroid dienone is 7. The number of phosphoric ester groups is 1. The van der Waals surface area contributed by atoms with Gasteiger partial charge < -0.3 is 28.8 Å². The molecular weight excluding hydrogens is 671 g/mol. The number of phosphoric acid groups is 1. The summed E-state index contributed by atoms with van der Waals surface area (Å²) in [5, 5.41) is 13.7. The molecule has 0 radical (unpaired) electrons. The molecule has 0 aliphatic carbocycles. The Labute approximate surface area is 320 Å². The summed E-state index contributed by atoms with van der Waals surface area (Å²) in [6.07, 6.45) is 43.0. The van der Waals surface area contributed by atoms with Crippen molar-refractivity contribution < 1.29 is 32.9 Å². The SMILES string of the molecule is CCCCCC/C=C\CCCCCCCC(=O)NC(COP(=O)([O-])OCC[N+](C)(C)C)C(O)/C=C/CC/C=C/CC/C=C/CCCCCCCCC. The lowest BCUT2D eigenvalue weighted by molar-refractivity contribution is -0.870. The van der Waals surface area contributed by atoms with Crippen molar-refractivity contribution in [2.45, 2.75) is 180 Å². The van der Waals surface area contributed by atoms with E-state index in [2.05, 4.69) is 55.6 Å². The number of amides is 1. The van der Waals surface area contributed by atoms with Crippen LogP contribution >= 0.6 is 7.82 Å². The summed E-state index contributed by atoms with van der Waals surface area (Å²) in [6.45, 7) is 4.56. The van der Waals surface area contributed by atoms with Gasteiger partial charge in [0.05, 0.1) is 39.9 Å². The molecule has 0 aliphatic heterocycles. The maximum absolute atomic E-state index is 12.8. The lowest BCUT2D eigenvalue weighted by Crippen LogP contribution is -2.45. The van der Waals surface area contributed by atoms with E-state index in [0.717, 1.165) is 64.2 Å². The smallest absolute Gasteiger partial charge is 0.268 e. The van der Waals surface area contributed by atoms with Crippen LogP contribution in [0.4, 0.5) is 0 Å². The highest BCUT2D eigenvalue weighted by atomic mass is 31.2. The van der Waals surface area contributed by atoms with Crippen molar-refractivity contribution in [2.75, 3.05) is 40.9 Å². The molecule has 0 aromatic heterocycles. The first-order valence-electron chi connectivity index (χ1n) is 21.0. The Morgan fingerprint density at radius 1 is 0.654 bits per heavy atom. The van der Waals surface area contributed by atoms with Crippen LogP contribution < -0.4 is 10.2 Å². The second kappa shape index (κ2) is 35.2. The zero-order valence-electron chi connectivity index (χ0n) is 34.2. The fraction of sp³-hybridized carbons (Fsp3) is 0.791. The molecule has 9 heteroatoms. The molecular formula is C43H81N2O6P. The van der Waals surface area contributed by atoms with Gasteiger partial charge in [-0.1, -0.05) is 140 Å². The van der Waals surface area contributed by atoms with Gasteiger partial charge >= 0.3 is 0 Å². The number of hydrogen-bond acceptors (Lipinski definition) is 6. The molecule has 0 fully saturated rings. The summed E-state index contributed by atoms with van der Waals surface area (Å²) in [4.78, 5) is 25.2. The third kappa shape index (κ3) is 36.8. The average molecular weight is 753 g/mol. The summed E-state index contributed by atoms with van der Waals surface area (Å²) in [5.74, 6) is -0.224. The van der Waals surface area contributed by atoms with Crippen molar-refractivity contribution in [1.29, 1.82) is 0 Å². The van der Waals surface area contributed by atoms with E-state index >= 15 is 0 Å². The number of nitrogens with zero attached hydrogens (tertiary/aromatic N) is 1. The Morgan fingerprint density at radius 3 is 1.58 bits per heavy atom. The van der Waals surface area contributed by atoms with Crippen LogP contribution in [0.15, 0.2) is 48.6 Å². The Morgan fingerprint density at radius 2 is 1.08 bits per heavy atom. The van der Waals surface area contributed by atoms with Crippen molar-refractivity contribution in [3.63, 3.8) is 0 Å². The molecule has 0 aromatic rings. The van der Waals surface area contributed by atoms with Gasteiger partial charge in [0.25, 0.3) is 7.82 Å². The number of quaternary nitrogens is 1. The van der Waals surface area contributed by atoms with Crippen LogP contribution in [0.1, 0.15) is 168 Å². The molecule has 0 rings (SSSR count). The fourth-order valence-electron chi connectivity index (χ4n) is 5.59. The molecule has 0 heterocycles. The third-order valence-electron chi connectivity index (χ3n) is 8.99. The van der Waals surface area contributed by atoms with Crippen LogP contribution in [0.25, 0.3) is 0 Å². The molecule has 0 aliphatic rings. The molecule has 3 unspecified atom stereocenters. The van der Waals surface area contributed by atoms with Crippen molar-refractivity contribution in [1.82, 2.24) is 5.32 Å². The highest BCUT2D eigenvalue weighted by Gasteiger charge is 2.23. The van der Waals surface area contributed by atoms with E-state index in [0.29, 0.717) is 17.4 Å². The number of carbonyl (C=O) groups excluding carboxylic acids is 1. The molecule has 0 aromatic carbocycles. The largest absolute Gasteiger partial charge is 0.756 e. The average Bonchev–Trinajstić information content (AvgIpc) is 3.09. The van der Waals surface area contributed by atoms with E-state index in [-0.39, 0.29) is 12.5 Å². The number of aliphatic hydroxyl groups is 1. The van der Waals surface area contributed by atoms with Gasteiger partial charge in [-0.05, 0) is 70.6 Å². The number of unbranched alkanes of at least 4 members (excludes halogenated alkanes) is 18. The highest BCUT2D eigenvalue weighted by Crippen LogP contribution is 2.38. The number of aliphatic hydroxyl groups excluding tert-OH is 1. The van der Waals surface area contributed by atoms with Crippen LogP contribution in [0.2, 0.25) is 0 Å². The van der Waals surface area contributed by atoms with Crippen LogP contribution in [0.5, 0.6) is 0 Å². The molecule has 0 saturated carbocycles. The Kier molecular flexibility index (Phi) is 34.1. The van der Waals surface area contributed by atoms with Crippen molar-refractivity contribution in [3.8, 4) is 0 Å². The Balaban J connectivity index is 4.58. The molecule has 2 N–H and O–H groups in total. The molecule has 0 spiro atoms. The molecule has 0 bridgehead atoms. The maximum Gasteiger partial charge on any atom is 0.268 e. The number of nitrogens with one attached hydrogen (secondary N) is 1. The molecule has 1 amide bonds. The third-order valence-corrected chi connectivity index (χ3v) is 9.95. The van der Waals surface area contributed by atoms with Crippen LogP contribution in [-0.4, -0.2) is 68.5 Å². The minimum atomic E-state index is -4.60. The Bertz CT molecular complexity index is 991. The van der Waals surface area contributed by atoms with Gasteiger partial charge in [-0.25, -0.2) is 0 Å². The molecule has 8 nitrogen and oxygen atoms in total. The molecule has 52 heavy (non-hydrogen) atoms. The highest BCUT2D eigenvalue weighted by molar-refractivity contribution is 7.45. The summed E-state index contributed by atoms with van der Waals surface area (Å²) >= 11 is 0. The predicted octanol–water partition coefficient (Wildman–Crippen LogP) is 10.7. The molecule has 304 valence electrons. The fourth-order valence-corrected chi connectivity index (χ4v) is 6.31. The second-order valence-corrected chi connectivity index (χ2v) is 16.7. The zero-order chi connectivity index (χ0) is 38.6. The number of carbonyl (C=O) groups is 1. The summed E-state index contributed by atoms with van der Waals surface area (Å²) in [6, 6.07) is -0.912. The maximum atomic E-state index is 12.8. The van der Waals surface area contributed by atoms with Crippen molar-refractivity contribution in [2.24, 2.45) is 0 Å². The summed E-state index contributed by atoms with van der Waals surface area (Å²) < 4.78 is 23.1. The first-order valence-corrected chi connectivity index (χ1v) is 22.5. The summed E-state index contributed by atoms with van der Waals surface area (Å²) in [7, 11) is 1.22. The van der Waals surface area contributed by atoms with E-state index in [4.69, 9.17) is 9.05 Å². The first-order chi connectivity index (χ1) is 25.0. The minimum Gasteiger partial charge on any atom is -0.756 e.